The fraction of sp³-hybridized carbons (Fsp3) is 0.435. The molecule has 2 aliphatic heterocycles. The van der Waals surface area contributed by atoms with Gasteiger partial charge >= 0.3 is 0 Å². The number of piperidine rings is 1. The van der Waals surface area contributed by atoms with Crippen LogP contribution in [-0.2, 0) is 18.3 Å². The number of pyridine rings is 1. The van der Waals surface area contributed by atoms with Gasteiger partial charge in [0.15, 0.2) is 0 Å². The Labute approximate surface area is 164 Å². The summed E-state index contributed by atoms with van der Waals surface area (Å²) in [5.41, 5.74) is 4.72. The second-order valence-corrected chi connectivity index (χ2v) is 8.50. The predicted molar refractivity (Wildman–Crippen MR) is 111 cm³/mol. The Morgan fingerprint density at radius 3 is 2.82 bits per heavy atom. The van der Waals surface area contributed by atoms with Gasteiger partial charge in [-0.05, 0) is 61.0 Å². The number of benzene rings is 1. The molecule has 0 saturated carbocycles. The van der Waals surface area contributed by atoms with E-state index in [1.807, 2.05) is 18.5 Å². The summed E-state index contributed by atoms with van der Waals surface area (Å²) in [6.07, 6.45) is 7.52. The molecule has 0 atom stereocenters. The molecule has 0 bridgehead atoms. The van der Waals surface area contributed by atoms with E-state index in [1.165, 1.54) is 24.8 Å². The first-order chi connectivity index (χ1) is 13.6. The fourth-order valence-corrected chi connectivity index (χ4v) is 4.78. The number of nitrogens with zero attached hydrogens (tertiary/aromatic N) is 2. The first-order valence-corrected chi connectivity index (χ1v) is 10.2. The lowest BCUT2D eigenvalue weighted by Crippen LogP contribution is -2.39. The quantitative estimate of drug-likeness (QED) is 0.760. The molecule has 2 saturated heterocycles. The Hall–Kier alpha value is -2.37. The number of aromatic nitrogens is 2. The third-order valence-electron chi connectivity index (χ3n) is 6.67. The summed E-state index contributed by atoms with van der Waals surface area (Å²) >= 11 is 0. The third-order valence-corrected chi connectivity index (χ3v) is 6.67. The average molecular weight is 377 g/mol. The largest absolute Gasteiger partial charge is 0.381 e. The summed E-state index contributed by atoms with van der Waals surface area (Å²) in [7, 11) is 1.78. The summed E-state index contributed by atoms with van der Waals surface area (Å²) in [5, 5.41) is 0.987. The van der Waals surface area contributed by atoms with Crippen molar-refractivity contribution in [2.75, 3.05) is 26.3 Å². The van der Waals surface area contributed by atoms with Gasteiger partial charge in [-0.15, -0.1) is 0 Å². The van der Waals surface area contributed by atoms with E-state index in [2.05, 4.69) is 34.1 Å². The lowest BCUT2D eigenvalue weighted by molar-refractivity contribution is 0.0773. The van der Waals surface area contributed by atoms with Crippen molar-refractivity contribution in [1.82, 2.24) is 14.5 Å². The first kappa shape index (κ1) is 17.7. The van der Waals surface area contributed by atoms with Crippen LogP contribution in [0.5, 0.6) is 0 Å². The van der Waals surface area contributed by atoms with Crippen molar-refractivity contribution in [2.45, 2.75) is 25.8 Å². The van der Waals surface area contributed by atoms with Gasteiger partial charge in [-0.1, -0.05) is 18.2 Å². The average Bonchev–Trinajstić information content (AvgIpc) is 3.35. The van der Waals surface area contributed by atoms with Crippen LogP contribution < -0.4 is 5.56 Å². The molecule has 1 spiro atoms. The van der Waals surface area contributed by atoms with Gasteiger partial charge in [0, 0.05) is 43.5 Å². The second kappa shape index (κ2) is 6.90. The summed E-state index contributed by atoms with van der Waals surface area (Å²) in [4.78, 5) is 18.1. The number of rotatable bonds is 3. The lowest BCUT2D eigenvalue weighted by Gasteiger charge is -2.38. The van der Waals surface area contributed by atoms with Crippen LogP contribution in [0, 0.1) is 5.41 Å². The highest BCUT2D eigenvalue weighted by Gasteiger charge is 2.37. The second-order valence-electron chi connectivity index (χ2n) is 8.50. The van der Waals surface area contributed by atoms with Gasteiger partial charge in [0.25, 0.3) is 5.56 Å². The molecule has 4 heterocycles. The van der Waals surface area contributed by atoms with Crippen LogP contribution in [0.15, 0.2) is 47.5 Å². The molecule has 2 aliphatic rings. The Balaban J connectivity index is 1.36. The van der Waals surface area contributed by atoms with Gasteiger partial charge in [0.05, 0.1) is 6.61 Å². The van der Waals surface area contributed by atoms with E-state index in [0.717, 1.165) is 49.4 Å². The molecular weight excluding hydrogens is 350 g/mol. The standard InChI is InChI=1S/C23H27N3O2/c1-25-9-5-19-20(14-24-21(19)22(25)27)18-4-2-3-17(13-18)15-26-10-6-23(7-11-26)8-12-28-16-23/h2-5,9,13-14,24H,6-8,10-12,15-16H2,1H3. The van der Waals surface area contributed by atoms with E-state index >= 15 is 0 Å². The normalized spacial score (nSPS) is 19.6. The zero-order chi connectivity index (χ0) is 19.1. The fourth-order valence-electron chi connectivity index (χ4n) is 4.78. The van der Waals surface area contributed by atoms with Gasteiger partial charge in [-0.3, -0.25) is 9.69 Å². The van der Waals surface area contributed by atoms with Crippen LogP contribution >= 0.6 is 0 Å². The maximum Gasteiger partial charge on any atom is 0.274 e. The highest BCUT2D eigenvalue weighted by molar-refractivity contribution is 5.95. The Morgan fingerprint density at radius 1 is 1.18 bits per heavy atom. The van der Waals surface area contributed by atoms with Crippen molar-refractivity contribution in [3.05, 3.63) is 58.6 Å². The van der Waals surface area contributed by atoms with Crippen molar-refractivity contribution in [2.24, 2.45) is 12.5 Å². The molecule has 2 aromatic heterocycles. The minimum atomic E-state index is 0.0121. The zero-order valence-electron chi connectivity index (χ0n) is 16.4. The first-order valence-electron chi connectivity index (χ1n) is 10.2. The van der Waals surface area contributed by atoms with Crippen LogP contribution in [0.1, 0.15) is 24.8 Å². The van der Waals surface area contributed by atoms with Crippen LogP contribution in [0.25, 0.3) is 22.0 Å². The molecular formula is C23H27N3O2. The SMILES string of the molecule is Cn1ccc2c(-c3cccc(CN4CCC5(CCOC5)CC4)c3)c[nH]c2c1=O. The van der Waals surface area contributed by atoms with Gasteiger partial charge in [-0.25, -0.2) is 0 Å². The highest BCUT2D eigenvalue weighted by atomic mass is 16.5. The molecule has 0 amide bonds. The van der Waals surface area contributed by atoms with Crippen LogP contribution in [0.2, 0.25) is 0 Å². The van der Waals surface area contributed by atoms with Crippen molar-refractivity contribution in [3.8, 4) is 11.1 Å². The van der Waals surface area contributed by atoms with E-state index in [4.69, 9.17) is 4.74 Å². The molecule has 0 radical (unpaired) electrons. The molecule has 1 aromatic carbocycles. The van der Waals surface area contributed by atoms with Crippen molar-refractivity contribution < 1.29 is 4.74 Å². The van der Waals surface area contributed by atoms with E-state index in [1.54, 1.807) is 11.6 Å². The van der Waals surface area contributed by atoms with E-state index in [0.29, 0.717) is 10.9 Å². The van der Waals surface area contributed by atoms with Gasteiger partial charge < -0.3 is 14.3 Å². The van der Waals surface area contributed by atoms with Crippen molar-refractivity contribution in [3.63, 3.8) is 0 Å². The smallest absolute Gasteiger partial charge is 0.274 e. The summed E-state index contributed by atoms with van der Waals surface area (Å²) in [5.74, 6) is 0. The van der Waals surface area contributed by atoms with Crippen LogP contribution in [0.3, 0.4) is 0 Å². The molecule has 0 unspecified atom stereocenters. The minimum absolute atomic E-state index is 0.0121. The number of aromatic amines is 1. The Kier molecular flexibility index (Phi) is 4.37. The molecule has 28 heavy (non-hydrogen) atoms. The van der Waals surface area contributed by atoms with Crippen LogP contribution in [0.4, 0.5) is 0 Å². The molecule has 5 rings (SSSR count). The number of hydrogen-bond acceptors (Lipinski definition) is 3. The van der Waals surface area contributed by atoms with E-state index < -0.39 is 0 Å². The third kappa shape index (κ3) is 3.09. The molecule has 2 fully saturated rings. The molecule has 1 N–H and O–H groups in total. The van der Waals surface area contributed by atoms with Gasteiger partial charge in [0.2, 0.25) is 0 Å². The molecule has 0 aliphatic carbocycles. The highest BCUT2D eigenvalue weighted by Crippen LogP contribution is 2.39. The number of aryl methyl sites for hydroxylation is 1. The molecule has 5 nitrogen and oxygen atoms in total. The molecule has 146 valence electrons. The number of nitrogens with one attached hydrogen (secondary N) is 1. The monoisotopic (exact) mass is 377 g/mol. The van der Waals surface area contributed by atoms with Gasteiger partial charge in [0.1, 0.15) is 5.52 Å². The van der Waals surface area contributed by atoms with Crippen LogP contribution in [-0.4, -0.2) is 40.8 Å². The molecule has 3 aromatic rings. The molecule has 5 heteroatoms. The maximum atomic E-state index is 12.3. The van der Waals surface area contributed by atoms with E-state index in [9.17, 15) is 4.79 Å². The van der Waals surface area contributed by atoms with Gasteiger partial charge in [-0.2, -0.15) is 0 Å². The summed E-state index contributed by atoms with van der Waals surface area (Å²) in [6.45, 7) is 5.18. The summed E-state index contributed by atoms with van der Waals surface area (Å²) < 4.78 is 7.26. The number of hydrogen-bond donors (Lipinski definition) is 1. The van der Waals surface area contributed by atoms with Crippen molar-refractivity contribution in [1.29, 1.82) is 0 Å². The Morgan fingerprint density at radius 2 is 2.04 bits per heavy atom. The topological polar surface area (TPSA) is 50.3 Å². The zero-order valence-corrected chi connectivity index (χ0v) is 16.4. The predicted octanol–water partition coefficient (Wildman–Crippen LogP) is 3.54. The lowest BCUT2D eigenvalue weighted by atomic mass is 9.78. The minimum Gasteiger partial charge on any atom is -0.381 e. The number of likely N-dealkylation sites (tertiary alicyclic amines) is 1. The Bertz CT molecular complexity index is 1050. The maximum absolute atomic E-state index is 12.3. The van der Waals surface area contributed by atoms with E-state index in [-0.39, 0.29) is 5.56 Å². The number of ether oxygens (including phenoxy) is 1. The summed E-state index contributed by atoms with van der Waals surface area (Å²) in [6, 6.07) is 10.7. The van der Waals surface area contributed by atoms with Crippen molar-refractivity contribution >= 4 is 10.9 Å². The number of fused-ring (bicyclic) bond motifs is 1. The number of H-pyrrole nitrogens is 1.